The molecule has 0 bridgehead atoms. The number of carbonyl (C=O) groups is 2. The van der Waals surface area contributed by atoms with Gasteiger partial charge in [0.05, 0.1) is 17.7 Å². The maximum Gasteiger partial charge on any atom is 0.322 e. The average Bonchev–Trinajstić information content (AvgIpc) is 2.70. The van der Waals surface area contributed by atoms with E-state index in [1.54, 1.807) is 19.1 Å². The van der Waals surface area contributed by atoms with Gasteiger partial charge in [0.1, 0.15) is 18.1 Å². The van der Waals surface area contributed by atoms with Crippen LogP contribution in [-0.4, -0.2) is 51.4 Å². The Morgan fingerprint density at radius 3 is 2.42 bits per heavy atom. The first kappa shape index (κ1) is 24.6. The van der Waals surface area contributed by atoms with E-state index in [1.807, 2.05) is 0 Å². The number of hydrogen-bond acceptors (Lipinski definition) is 6. The highest BCUT2D eigenvalue weighted by Gasteiger charge is 2.26. The lowest BCUT2D eigenvalue weighted by Crippen LogP contribution is -2.37. The number of methoxy groups -OCH3 is 1. The Hall–Kier alpha value is -2.69. The molecule has 0 spiro atoms. The van der Waals surface area contributed by atoms with Crippen LogP contribution in [0, 0.1) is 12.7 Å². The number of anilines is 1. The molecule has 168 valence electrons. The van der Waals surface area contributed by atoms with Crippen molar-refractivity contribution in [3.05, 3.63) is 52.8 Å². The van der Waals surface area contributed by atoms with Crippen molar-refractivity contribution in [2.24, 2.45) is 0 Å². The third-order valence-corrected chi connectivity index (χ3v) is 6.51. The van der Waals surface area contributed by atoms with Gasteiger partial charge in [0.2, 0.25) is 10.0 Å². The lowest BCUT2D eigenvalue weighted by atomic mass is 10.2. The summed E-state index contributed by atoms with van der Waals surface area (Å²) >= 11 is 6.04. The molecule has 0 saturated heterocycles. The predicted octanol–water partition coefficient (Wildman–Crippen LogP) is 2.99. The third-order valence-electron chi connectivity index (χ3n) is 4.29. The van der Waals surface area contributed by atoms with Crippen LogP contribution in [0.15, 0.2) is 41.3 Å². The topological polar surface area (TPSA) is 102 Å². The summed E-state index contributed by atoms with van der Waals surface area (Å²) in [6, 6.07) is 7.32. The van der Waals surface area contributed by atoms with E-state index in [9.17, 15) is 22.4 Å². The van der Waals surface area contributed by atoms with Crippen LogP contribution < -0.4 is 10.1 Å². The van der Waals surface area contributed by atoms with E-state index in [4.69, 9.17) is 21.1 Å². The minimum absolute atomic E-state index is 0.180. The fourth-order valence-electron chi connectivity index (χ4n) is 2.51. The van der Waals surface area contributed by atoms with Gasteiger partial charge < -0.3 is 14.8 Å². The number of carbonyl (C=O) groups excluding carboxylic acids is 2. The monoisotopic (exact) mass is 472 g/mol. The molecule has 0 aliphatic heterocycles. The second-order valence-corrected chi connectivity index (χ2v) is 9.09. The number of amides is 1. The minimum Gasteiger partial charge on any atom is -0.495 e. The SMILES string of the molecule is COc1cc(Cl)c(C)cc1NC(=O)C(C)OC(=O)CN(C)S(=O)(=O)c1ccc(F)cc1. The second kappa shape index (κ2) is 10.1. The van der Waals surface area contributed by atoms with Gasteiger partial charge in [0.25, 0.3) is 5.91 Å². The Labute approximate surface area is 184 Å². The minimum atomic E-state index is -4.04. The highest BCUT2D eigenvalue weighted by Crippen LogP contribution is 2.31. The van der Waals surface area contributed by atoms with Gasteiger partial charge in [0.15, 0.2) is 6.10 Å². The summed E-state index contributed by atoms with van der Waals surface area (Å²) in [4.78, 5) is 24.4. The van der Waals surface area contributed by atoms with E-state index in [0.717, 1.165) is 28.6 Å². The number of esters is 1. The van der Waals surface area contributed by atoms with Crippen LogP contribution in [0.5, 0.6) is 5.75 Å². The third kappa shape index (κ3) is 6.16. The van der Waals surface area contributed by atoms with E-state index in [1.165, 1.54) is 21.1 Å². The first-order chi connectivity index (χ1) is 14.4. The maximum atomic E-state index is 13.0. The summed E-state index contributed by atoms with van der Waals surface area (Å²) in [6.07, 6.45) is -1.21. The predicted molar refractivity (Wildman–Crippen MR) is 113 cm³/mol. The molecule has 2 aromatic rings. The van der Waals surface area contributed by atoms with Crippen LogP contribution in [0.25, 0.3) is 0 Å². The Bertz CT molecular complexity index is 1080. The number of sulfonamides is 1. The van der Waals surface area contributed by atoms with E-state index in [2.05, 4.69) is 5.32 Å². The smallest absolute Gasteiger partial charge is 0.322 e. The molecule has 0 radical (unpaired) electrons. The van der Waals surface area contributed by atoms with Crippen molar-refractivity contribution in [1.29, 1.82) is 0 Å². The van der Waals surface area contributed by atoms with Crippen LogP contribution >= 0.6 is 11.6 Å². The van der Waals surface area contributed by atoms with Crippen molar-refractivity contribution in [2.45, 2.75) is 24.8 Å². The molecule has 0 aliphatic rings. The van der Waals surface area contributed by atoms with Crippen molar-refractivity contribution in [3.8, 4) is 5.75 Å². The zero-order chi connectivity index (χ0) is 23.3. The number of nitrogens with zero attached hydrogens (tertiary/aromatic N) is 1. The molecule has 2 rings (SSSR count). The quantitative estimate of drug-likeness (QED) is 0.592. The molecular formula is C20H22ClFN2O6S. The standard InChI is InChI=1S/C20H22ClFN2O6S/c1-12-9-17(18(29-4)10-16(12)21)23-20(26)13(2)30-19(25)11-24(3)31(27,28)15-7-5-14(22)6-8-15/h5-10,13H,11H2,1-4H3,(H,23,26). The lowest BCUT2D eigenvalue weighted by Gasteiger charge is -2.19. The fourth-order valence-corrected chi connectivity index (χ4v) is 3.77. The lowest BCUT2D eigenvalue weighted by molar-refractivity contribution is -0.153. The van der Waals surface area contributed by atoms with E-state index < -0.39 is 40.4 Å². The molecule has 11 heteroatoms. The molecule has 8 nitrogen and oxygen atoms in total. The van der Waals surface area contributed by atoms with Gasteiger partial charge in [-0.2, -0.15) is 4.31 Å². The number of halogens is 2. The van der Waals surface area contributed by atoms with Gasteiger partial charge in [-0.3, -0.25) is 9.59 Å². The van der Waals surface area contributed by atoms with Gasteiger partial charge in [-0.15, -0.1) is 0 Å². The van der Waals surface area contributed by atoms with E-state index >= 15 is 0 Å². The van der Waals surface area contributed by atoms with Crippen LogP contribution in [0.2, 0.25) is 5.02 Å². The largest absolute Gasteiger partial charge is 0.495 e. The number of ether oxygens (including phenoxy) is 2. The zero-order valence-corrected chi connectivity index (χ0v) is 18.9. The number of rotatable bonds is 8. The highest BCUT2D eigenvalue weighted by molar-refractivity contribution is 7.89. The molecule has 0 heterocycles. The number of hydrogen-bond donors (Lipinski definition) is 1. The van der Waals surface area contributed by atoms with Gasteiger partial charge in [0, 0.05) is 18.1 Å². The van der Waals surface area contributed by atoms with Gasteiger partial charge in [-0.1, -0.05) is 11.6 Å². The number of likely N-dealkylation sites (N-methyl/N-ethyl adjacent to an activating group) is 1. The van der Waals surface area contributed by atoms with Crippen molar-refractivity contribution in [3.63, 3.8) is 0 Å². The fraction of sp³-hybridized carbons (Fsp3) is 0.300. The van der Waals surface area contributed by atoms with Crippen molar-refractivity contribution >= 4 is 39.2 Å². The molecule has 31 heavy (non-hydrogen) atoms. The summed E-state index contributed by atoms with van der Waals surface area (Å²) in [7, 11) is -1.45. The van der Waals surface area contributed by atoms with Crippen LogP contribution in [-0.2, 0) is 24.3 Å². The Balaban J connectivity index is 2.01. The molecule has 0 aromatic heterocycles. The van der Waals surface area contributed by atoms with Crippen molar-refractivity contribution < 1.29 is 31.9 Å². The van der Waals surface area contributed by atoms with Gasteiger partial charge >= 0.3 is 5.97 Å². The molecule has 1 N–H and O–H groups in total. The van der Waals surface area contributed by atoms with Crippen LogP contribution in [0.4, 0.5) is 10.1 Å². The molecule has 0 aliphatic carbocycles. The number of nitrogens with one attached hydrogen (secondary N) is 1. The summed E-state index contributed by atoms with van der Waals surface area (Å²) in [5.41, 5.74) is 1.04. The number of aryl methyl sites for hydroxylation is 1. The van der Waals surface area contributed by atoms with Crippen LogP contribution in [0.1, 0.15) is 12.5 Å². The molecule has 0 fully saturated rings. The van der Waals surface area contributed by atoms with E-state index in [0.29, 0.717) is 22.0 Å². The summed E-state index contributed by atoms with van der Waals surface area (Å²) in [5.74, 6) is -1.84. The molecule has 0 saturated carbocycles. The Kier molecular flexibility index (Phi) is 7.99. The van der Waals surface area contributed by atoms with Gasteiger partial charge in [-0.25, -0.2) is 12.8 Å². The van der Waals surface area contributed by atoms with Crippen molar-refractivity contribution in [1.82, 2.24) is 4.31 Å². The van der Waals surface area contributed by atoms with Crippen LogP contribution in [0.3, 0.4) is 0 Å². The summed E-state index contributed by atoms with van der Waals surface area (Å²) in [6.45, 7) is 2.45. The first-order valence-corrected chi connectivity index (χ1v) is 10.8. The Morgan fingerprint density at radius 1 is 1.23 bits per heavy atom. The summed E-state index contributed by atoms with van der Waals surface area (Å²) in [5, 5.41) is 3.04. The average molecular weight is 473 g/mol. The summed E-state index contributed by atoms with van der Waals surface area (Å²) < 4.78 is 48.9. The molecule has 1 amide bonds. The number of benzene rings is 2. The van der Waals surface area contributed by atoms with Crippen molar-refractivity contribution in [2.75, 3.05) is 26.0 Å². The van der Waals surface area contributed by atoms with E-state index in [-0.39, 0.29) is 4.90 Å². The molecule has 2 aromatic carbocycles. The maximum absolute atomic E-state index is 13.0. The molecule has 1 atom stereocenters. The molecular weight excluding hydrogens is 451 g/mol. The molecule has 1 unspecified atom stereocenters. The highest BCUT2D eigenvalue weighted by atomic mass is 35.5. The first-order valence-electron chi connectivity index (χ1n) is 9.02. The second-order valence-electron chi connectivity index (χ2n) is 6.64. The zero-order valence-electron chi connectivity index (χ0n) is 17.3. The Morgan fingerprint density at radius 2 is 1.84 bits per heavy atom. The van der Waals surface area contributed by atoms with Gasteiger partial charge in [-0.05, 0) is 49.7 Å². The normalized spacial score (nSPS) is 12.4.